The summed E-state index contributed by atoms with van der Waals surface area (Å²) in [6.45, 7) is 6.08. The molecule has 10 rings (SSSR count). The Kier molecular flexibility index (Phi) is 8.73. The summed E-state index contributed by atoms with van der Waals surface area (Å²) in [6, 6.07) is 12.7. The lowest BCUT2D eigenvalue weighted by Gasteiger charge is -2.60. The fourth-order valence-electron chi connectivity index (χ4n) is 12.7. The lowest BCUT2D eigenvalue weighted by atomic mass is 9.54. The van der Waals surface area contributed by atoms with Gasteiger partial charge in [-0.05, 0) is 86.1 Å². The van der Waals surface area contributed by atoms with Crippen molar-refractivity contribution in [2.24, 2.45) is 29.6 Å². The van der Waals surface area contributed by atoms with Crippen LogP contribution in [0.1, 0.15) is 79.9 Å². The monoisotopic (exact) mass is 734 g/mol. The third-order valence-electron chi connectivity index (χ3n) is 15.0. The van der Waals surface area contributed by atoms with E-state index in [0.717, 1.165) is 83.9 Å². The SMILES string of the molecule is CC[C@H]1CN(C)[C@H]2Cc3c([nH]c4ccccc34)[C@@H](c3cc4c5c([nH]c4cc3OC)[C@@]3(C(=O)OC)C[C@@H]4C[C@H](CC)[C@H]3N(CC5)[C@H]4C=O)C[C@@H]1[C@@H]2C(=O)OC. The number of carbonyl (C=O) groups excluding carboxylic acids is 3. The molecule has 1 unspecified atom stereocenters. The Morgan fingerprint density at radius 2 is 1.76 bits per heavy atom. The molecule has 4 aliphatic heterocycles. The van der Waals surface area contributed by atoms with E-state index in [4.69, 9.17) is 14.2 Å². The summed E-state index contributed by atoms with van der Waals surface area (Å²) in [4.78, 5) is 53.3. The van der Waals surface area contributed by atoms with Crippen molar-refractivity contribution in [1.29, 1.82) is 0 Å². The third-order valence-corrected chi connectivity index (χ3v) is 15.0. The molecular weight excluding hydrogens is 681 g/mol. The maximum Gasteiger partial charge on any atom is 0.319 e. The number of aldehydes is 1. The van der Waals surface area contributed by atoms with Crippen LogP contribution in [0.15, 0.2) is 36.4 Å². The van der Waals surface area contributed by atoms with Crippen LogP contribution < -0.4 is 4.74 Å². The van der Waals surface area contributed by atoms with Crippen molar-refractivity contribution in [3.8, 4) is 5.75 Å². The van der Waals surface area contributed by atoms with Crippen molar-refractivity contribution in [2.75, 3.05) is 41.5 Å². The predicted octanol–water partition coefficient (Wildman–Crippen LogP) is 6.14. The van der Waals surface area contributed by atoms with Gasteiger partial charge in [-0.2, -0.15) is 0 Å². The molecule has 2 aromatic heterocycles. The van der Waals surface area contributed by atoms with Crippen LogP contribution in [-0.4, -0.2) is 97.6 Å². The molecule has 6 bridgehead atoms. The first kappa shape index (κ1) is 35.5. The van der Waals surface area contributed by atoms with Gasteiger partial charge in [0.05, 0.1) is 33.3 Å². The highest BCUT2D eigenvalue weighted by atomic mass is 16.5. The fourth-order valence-corrected chi connectivity index (χ4v) is 12.7. The average molecular weight is 735 g/mol. The molecule has 0 radical (unpaired) electrons. The van der Waals surface area contributed by atoms with Gasteiger partial charge in [-0.3, -0.25) is 14.5 Å². The second-order valence-electron chi connectivity index (χ2n) is 17.0. The summed E-state index contributed by atoms with van der Waals surface area (Å²) in [6.07, 6.45) is 6.79. The van der Waals surface area contributed by atoms with Crippen molar-refractivity contribution < 1.29 is 28.6 Å². The molecule has 6 aliphatic rings. The number of benzene rings is 2. The zero-order chi connectivity index (χ0) is 37.6. The van der Waals surface area contributed by atoms with Gasteiger partial charge in [-0.15, -0.1) is 0 Å². The summed E-state index contributed by atoms with van der Waals surface area (Å²) in [5.41, 5.74) is 6.73. The van der Waals surface area contributed by atoms with Gasteiger partial charge < -0.3 is 33.9 Å². The minimum atomic E-state index is -0.897. The highest BCUT2D eigenvalue weighted by Gasteiger charge is 2.65. The summed E-state index contributed by atoms with van der Waals surface area (Å²) >= 11 is 0. The number of methoxy groups -OCH3 is 3. The number of hydrogen-bond donors (Lipinski definition) is 2. The number of esters is 2. The summed E-state index contributed by atoms with van der Waals surface area (Å²) < 4.78 is 17.6. The van der Waals surface area contributed by atoms with Crippen LogP contribution in [0.3, 0.4) is 0 Å². The van der Waals surface area contributed by atoms with Crippen LogP contribution in [0.5, 0.6) is 5.75 Å². The summed E-state index contributed by atoms with van der Waals surface area (Å²) in [7, 11) is 6.94. The summed E-state index contributed by atoms with van der Waals surface area (Å²) in [5, 5.41) is 2.27. The Bertz CT molecular complexity index is 2140. The standard InChI is InChI=1S/C44H54N4O6/c1-7-23-15-25-20-44(43(51)54-6)40-27(13-14-48(41(23)44)36(25)22-49)29-17-30(37(52-4)19-34(29)46-40)31-16-28-24(8-2)21-47(3)35(38(28)42(50)53-5)18-32-26-11-9-10-12-33(26)45-39(31)32/h9-12,17,19,22-25,28,31,35-36,38,41,45-46H,7-8,13-16,18,20-21H2,1-6H3/t23-,24-,25-,28-,31+,35-,36-,38-,41+,44-/m0/s1. The number of H-pyrrole nitrogens is 2. The molecule has 10 nitrogen and oxygen atoms in total. The van der Waals surface area contributed by atoms with Gasteiger partial charge in [0.25, 0.3) is 0 Å². The van der Waals surface area contributed by atoms with Crippen LogP contribution in [0.2, 0.25) is 0 Å². The second kappa shape index (κ2) is 13.3. The van der Waals surface area contributed by atoms with Crippen LogP contribution in [0, 0.1) is 29.6 Å². The van der Waals surface area contributed by atoms with Crippen molar-refractivity contribution >= 4 is 40.0 Å². The van der Waals surface area contributed by atoms with Crippen LogP contribution in [0.4, 0.5) is 0 Å². The highest BCUT2D eigenvalue weighted by Crippen LogP contribution is 2.58. The number of likely N-dealkylation sites (tertiary alicyclic amines) is 1. The van der Waals surface area contributed by atoms with Gasteiger partial charge in [0.1, 0.15) is 17.5 Å². The molecule has 4 fully saturated rings. The zero-order valence-electron chi connectivity index (χ0n) is 32.4. The Balaban J connectivity index is 1.27. The number of aromatic amines is 2. The number of likely N-dealkylation sites (N-methyl/N-ethyl adjacent to an activating group) is 1. The zero-order valence-corrected chi connectivity index (χ0v) is 32.4. The lowest BCUT2D eigenvalue weighted by Crippen LogP contribution is -2.71. The van der Waals surface area contributed by atoms with Gasteiger partial charge in [0.15, 0.2) is 0 Å². The van der Waals surface area contributed by atoms with Gasteiger partial charge in [0.2, 0.25) is 0 Å². The molecule has 54 heavy (non-hydrogen) atoms. The number of fused-ring (bicyclic) bond motifs is 9. The Morgan fingerprint density at radius 3 is 2.48 bits per heavy atom. The number of nitrogens with zero attached hydrogens (tertiary/aromatic N) is 2. The molecule has 2 aliphatic carbocycles. The second-order valence-corrected chi connectivity index (χ2v) is 17.0. The number of carbonyl (C=O) groups is 3. The molecular formula is C44H54N4O6. The molecule has 0 spiro atoms. The van der Waals surface area contributed by atoms with E-state index in [1.165, 1.54) is 30.9 Å². The quantitative estimate of drug-likeness (QED) is 0.172. The number of rotatable bonds is 7. The molecule has 6 heterocycles. The van der Waals surface area contributed by atoms with E-state index in [-0.39, 0.29) is 59.7 Å². The number of hydrogen-bond acceptors (Lipinski definition) is 8. The molecule has 10 heteroatoms. The lowest BCUT2D eigenvalue weighted by molar-refractivity contribution is -0.169. The van der Waals surface area contributed by atoms with Gasteiger partial charge in [-0.1, -0.05) is 44.9 Å². The molecule has 3 saturated heterocycles. The number of piperidine rings is 3. The number of aromatic nitrogens is 2. The van der Waals surface area contributed by atoms with E-state index >= 15 is 0 Å². The Labute approximate surface area is 317 Å². The molecule has 286 valence electrons. The molecule has 2 N–H and O–H groups in total. The largest absolute Gasteiger partial charge is 0.496 e. The molecule has 1 saturated carbocycles. The van der Waals surface area contributed by atoms with Crippen molar-refractivity contribution in [2.45, 2.75) is 88.3 Å². The van der Waals surface area contributed by atoms with E-state index in [0.29, 0.717) is 25.3 Å². The van der Waals surface area contributed by atoms with E-state index in [2.05, 4.69) is 77.1 Å². The van der Waals surface area contributed by atoms with E-state index in [1.54, 1.807) is 7.11 Å². The minimum Gasteiger partial charge on any atom is -0.496 e. The minimum absolute atomic E-state index is 0.0234. The van der Waals surface area contributed by atoms with E-state index < -0.39 is 5.41 Å². The van der Waals surface area contributed by atoms with Crippen molar-refractivity contribution in [3.63, 3.8) is 0 Å². The molecule has 11 atom stereocenters. The third kappa shape index (κ3) is 4.87. The van der Waals surface area contributed by atoms with Crippen LogP contribution in [-0.2, 0) is 42.1 Å². The first-order valence-corrected chi connectivity index (χ1v) is 20.1. The topological polar surface area (TPSA) is 117 Å². The van der Waals surface area contributed by atoms with Gasteiger partial charge in [0, 0.05) is 75.9 Å². The first-order valence-electron chi connectivity index (χ1n) is 20.1. The fraction of sp³-hybridized carbons (Fsp3) is 0.568. The number of para-hydroxylation sites is 1. The van der Waals surface area contributed by atoms with Crippen LogP contribution >= 0.6 is 0 Å². The van der Waals surface area contributed by atoms with Crippen LogP contribution in [0.25, 0.3) is 21.8 Å². The predicted molar refractivity (Wildman–Crippen MR) is 207 cm³/mol. The summed E-state index contributed by atoms with van der Waals surface area (Å²) in [5.74, 6) is 0.887. The van der Waals surface area contributed by atoms with Crippen molar-refractivity contribution in [1.82, 2.24) is 19.8 Å². The van der Waals surface area contributed by atoms with E-state index in [1.807, 2.05) is 0 Å². The Morgan fingerprint density at radius 1 is 0.963 bits per heavy atom. The maximum atomic E-state index is 14.3. The normalized spacial score (nSPS) is 34.3. The molecule has 4 aromatic rings. The number of ether oxygens (including phenoxy) is 3. The average Bonchev–Trinajstić information content (AvgIpc) is 3.71. The first-order chi connectivity index (χ1) is 26.2. The van der Waals surface area contributed by atoms with Gasteiger partial charge in [-0.25, -0.2) is 0 Å². The maximum absolute atomic E-state index is 14.3. The van der Waals surface area contributed by atoms with Crippen molar-refractivity contribution in [3.05, 3.63) is 64.5 Å². The van der Waals surface area contributed by atoms with Gasteiger partial charge >= 0.3 is 11.9 Å². The highest BCUT2D eigenvalue weighted by molar-refractivity contribution is 5.93. The molecule has 0 amide bonds. The Hall–Kier alpha value is -4.15. The molecule has 2 aromatic carbocycles. The van der Waals surface area contributed by atoms with E-state index in [9.17, 15) is 14.4 Å². The number of nitrogens with one attached hydrogen (secondary N) is 2. The smallest absolute Gasteiger partial charge is 0.319 e.